The normalized spacial score (nSPS) is 21.4. The molecule has 144 valence electrons. The van der Waals surface area contributed by atoms with Gasteiger partial charge < -0.3 is 15.4 Å². The van der Waals surface area contributed by atoms with Crippen LogP contribution in [0, 0.1) is 11.6 Å². The van der Waals surface area contributed by atoms with Crippen molar-refractivity contribution in [2.75, 3.05) is 18.6 Å². The number of rotatable bonds is 6. The van der Waals surface area contributed by atoms with E-state index in [2.05, 4.69) is 28.8 Å². The monoisotopic (exact) mass is 372 g/mol. The molecule has 4 rings (SSSR count). The minimum atomic E-state index is -0.516. The summed E-state index contributed by atoms with van der Waals surface area (Å²) in [6.45, 7) is 1.43. The van der Waals surface area contributed by atoms with Gasteiger partial charge in [-0.25, -0.2) is 8.78 Å². The number of fused-ring (bicyclic) bond motifs is 1. The predicted molar refractivity (Wildman–Crippen MR) is 103 cm³/mol. The van der Waals surface area contributed by atoms with E-state index in [4.69, 9.17) is 4.74 Å². The van der Waals surface area contributed by atoms with Gasteiger partial charge in [0.15, 0.2) is 6.73 Å². The topological polar surface area (TPSA) is 33.3 Å². The molecule has 1 heterocycles. The van der Waals surface area contributed by atoms with Crippen LogP contribution in [0.2, 0.25) is 0 Å². The first-order valence-electron chi connectivity index (χ1n) is 9.87. The van der Waals surface area contributed by atoms with Gasteiger partial charge in [0.2, 0.25) is 0 Å². The van der Waals surface area contributed by atoms with Crippen LogP contribution in [0.1, 0.15) is 49.1 Å². The highest BCUT2D eigenvalue weighted by Gasteiger charge is 2.23. The van der Waals surface area contributed by atoms with Gasteiger partial charge in [-0.2, -0.15) is 0 Å². The van der Waals surface area contributed by atoms with E-state index < -0.39 is 11.6 Å². The highest BCUT2D eigenvalue weighted by atomic mass is 19.1. The van der Waals surface area contributed by atoms with Crippen LogP contribution in [-0.4, -0.2) is 19.3 Å². The number of halogens is 2. The second-order valence-corrected chi connectivity index (χ2v) is 7.56. The summed E-state index contributed by atoms with van der Waals surface area (Å²) in [4.78, 5) is 0. The number of nitrogens with one attached hydrogen (secondary N) is 2. The predicted octanol–water partition coefficient (Wildman–Crippen LogP) is 4.98. The Bertz CT molecular complexity index is 788. The molecule has 2 N–H and O–H groups in total. The van der Waals surface area contributed by atoms with Crippen molar-refractivity contribution in [3.05, 3.63) is 59.2 Å². The Labute approximate surface area is 159 Å². The van der Waals surface area contributed by atoms with E-state index in [1.807, 2.05) is 0 Å². The molecule has 1 fully saturated rings. The Hall–Kier alpha value is -2.14. The van der Waals surface area contributed by atoms with Crippen LogP contribution in [0.3, 0.4) is 0 Å². The zero-order valence-electron chi connectivity index (χ0n) is 15.4. The fourth-order valence-corrected chi connectivity index (χ4v) is 4.19. The first-order valence-corrected chi connectivity index (χ1v) is 9.87. The summed E-state index contributed by atoms with van der Waals surface area (Å²) in [6.07, 6.45) is 6.17. The van der Waals surface area contributed by atoms with E-state index in [0.717, 1.165) is 43.3 Å². The fraction of sp³-hybridized carbons (Fsp3) is 0.455. The number of hydrogen-bond donors (Lipinski definition) is 2. The van der Waals surface area contributed by atoms with Crippen molar-refractivity contribution in [1.29, 1.82) is 0 Å². The summed E-state index contributed by atoms with van der Waals surface area (Å²) < 4.78 is 32.2. The fourth-order valence-electron chi connectivity index (χ4n) is 4.19. The van der Waals surface area contributed by atoms with E-state index in [1.54, 1.807) is 6.07 Å². The van der Waals surface area contributed by atoms with Crippen molar-refractivity contribution >= 4 is 5.69 Å². The summed E-state index contributed by atoms with van der Waals surface area (Å²) in [7, 11) is 0. The third kappa shape index (κ3) is 4.41. The molecule has 0 unspecified atom stereocenters. The Balaban J connectivity index is 1.19. The third-order valence-corrected chi connectivity index (χ3v) is 5.77. The molecule has 2 aliphatic rings. The molecule has 0 amide bonds. The molecule has 0 aromatic heterocycles. The number of ether oxygens (including phenoxy) is 1. The van der Waals surface area contributed by atoms with Gasteiger partial charge in [0.05, 0.1) is 5.69 Å². The Morgan fingerprint density at radius 1 is 1.04 bits per heavy atom. The van der Waals surface area contributed by atoms with Gasteiger partial charge in [0.1, 0.15) is 17.4 Å². The Morgan fingerprint density at radius 3 is 2.70 bits per heavy atom. The summed E-state index contributed by atoms with van der Waals surface area (Å²) in [5, 5.41) is 6.81. The average molecular weight is 372 g/mol. The van der Waals surface area contributed by atoms with Gasteiger partial charge >= 0.3 is 0 Å². The quantitative estimate of drug-likeness (QED) is 0.702. The number of benzene rings is 2. The molecule has 1 aliphatic heterocycles. The molecule has 0 bridgehead atoms. The van der Waals surface area contributed by atoms with Crippen LogP contribution in [0.4, 0.5) is 14.5 Å². The van der Waals surface area contributed by atoms with Crippen LogP contribution in [0.5, 0.6) is 5.75 Å². The molecule has 5 heteroatoms. The van der Waals surface area contributed by atoms with E-state index >= 15 is 0 Å². The van der Waals surface area contributed by atoms with Gasteiger partial charge in [0, 0.05) is 12.1 Å². The first-order chi connectivity index (χ1) is 13.2. The molecule has 2 aromatic rings. The second-order valence-electron chi connectivity index (χ2n) is 7.56. The minimum Gasteiger partial charge on any atom is -0.471 e. The second kappa shape index (κ2) is 8.26. The zero-order valence-corrected chi connectivity index (χ0v) is 15.4. The molecule has 1 aliphatic carbocycles. The van der Waals surface area contributed by atoms with Crippen molar-refractivity contribution in [2.24, 2.45) is 0 Å². The molecule has 0 radical (unpaired) electrons. The molecule has 2 aromatic carbocycles. The SMILES string of the molecule is Fc1ccc(CCCNC2CCC(c3ccc4c(c3)OCN4)CC2)c(F)c1. The summed E-state index contributed by atoms with van der Waals surface area (Å²) in [5.74, 6) is 0.619. The summed E-state index contributed by atoms with van der Waals surface area (Å²) >= 11 is 0. The van der Waals surface area contributed by atoms with Crippen LogP contribution >= 0.6 is 0 Å². The van der Waals surface area contributed by atoms with Gasteiger partial charge in [-0.3, -0.25) is 0 Å². The lowest BCUT2D eigenvalue weighted by molar-refractivity contribution is 0.340. The lowest BCUT2D eigenvalue weighted by Gasteiger charge is -2.29. The highest BCUT2D eigenvalue weighted by Crippen LogP contribution is 2.38. The van der Waals surface area contributed by atoms with Crippen LogP contribution in [-0.2, 0) is 6.42 Å². The van der Waals surface area contributed by atoms with Crippen LogP contribution in [0.15, 0.2) is 36.4 Å². The van der Waals surface area contributed by atoms with Crippen LogP contribution < -0.4 is 15.4 Å². The van der Waals surface area contributed by atoms with Crippen molar-refractivity contribution in [1.82, 2.24) is 5.32 Å². The van der Waals surface area contributed by atoms with Gasteiger partial charge in [0.25, 0.3) is 0 Å². The van der Waals surface area contributed by atoms with Crippen LogP contribution in [0.25, 0.3) is 0 Å². The largest absolute Gasteiger partial charge is 0.471 e. The van der Waals surface area contributed by atoms with Gasteiger partial charge in [-0.1, -0.05) is 12.1 Å². The van der Waals surface area contributed by atoms with Crippen molar-refractivity contribution in [3.8, 4) is 5.75 Å². The molecule has 3 nitrogen and oxygen atoms in total. The maximum atomic E-state index is 13.6. The van der Waals surface area contributed by atoms with E-state index in [-0.39, 0.29) is 0 Å². The van der Waals surface area contributed by atoms with Crippen molar-refractivity contribution in [2.45, 2.75) is 50.5 Å². The molecule has 0 saturated heterocycles. The first kappa shape index (κ1) is 18.2. The van der Waals surface area contributed by atoms with E-state index in [9.17, 15) is 8.78 Å². The Morgan fingerprint density at radius 2 is 1.89 bits per heavy atom. The standard InChI is InChI=1S/C22H26F2N2O/c23-18-7-3-16(20(24)13-18)2-1-11-25-19-8-4-15(5-9-19)17-6-10-21-22(12-17)27-14-26-21/h3,6-7,10,12-13,15,19,25-26H,1-2,4-5,8-9,11,14H2. The maximum Gasteiger partial charge on any atom is 0.159 e. The Kier molecular flexibility index (Phi) is 5.58. The number of anilines is 1. The zero-order chi connectivity index (χ0) is 18.6. The lowest BCUT2D eigenvalue weighted by Crippen LogP contribution is -2.33. The van der Waals surface area contributed by atoms with Gasteiger partial charge in [-0.15, -0.1) is 0 Å². The van der Waals surface area contributed by atoms with Crippen molar-refractivity contribution < 1.29 is 13.5 Å². The molecule has 27 heavy (non-hydrogen) atoms. The van der Waals surface area contributed by atoms with Gasteiger partial charge in [-0.05, 0) is 80.3 Å². The van der Waals surface area contributed by atoms with E-state index in [0.29, 0.717) is 30.7 Å². The number of aryl methyl sites for hydroxylation is 1. The molecular weight excluding hydrogens is 346 g/mol. The summed E-state index contributed by atoms with van der Waals surface area (Å²) in [5.41, 5.74) is 3.06. The number of hydrogen-bond acceptors (Lipinski definition) is 3. The summed E-state index contributed by atoms with van der Waals surface area (Å²) in [6, 6.07) is 10.9. The third-order valence-electron chi connectivity index (χ3n) is 5.77. The van der Waals surface area contributed by atoms with E-state index in [1.165, 1.54) is 24.5 Å². The minimum absolute atomic E-state index is 0.441. The molecular formula is C22H26F2N2O. The molecule has 1 saturated carbocycles. The highest BCUT2D eigenvalue weighted by molar-refractivity contribution is 5.60. The lowest BCUT2D eigenvalue weighted by atomic mass is 9.81. The van der Waals surface area contributed by atoms with Crippen molar-refractivity contribution in [3.63, 3.8) is 0 Å². The molecule has 0 atom stereocenters. The maximum absolute atomic E-state index is 13.6. The molecule has 0 spiro atoms. The smallest absolute Gasteiger partial charge is 0.159 e. The average Bonchev–Trinajstić information content (AvgIpc) is 3.15.